The Bertz CT molecular complexity index is 1830. The predicted molar refractivity (Wildman–Crippen MR) is 181 cm³/mol. The Hall–Kier alpha value is -4.47. The fraction of sp³-hybridized carbons (Fsp3) is 0.588. The summed E-state index contributed by atoms with van der Waals surface area (Å²) in [6.07, 6.45) is 6.04. The lowest BCUT2D eigenvalue weighted by Gasteiger charge is -2.32. The zero-order valence-electron chi connectivity index (χ0n) is 28.5. The molecule has 0 radical (unpaired) electrons. The number of carbonyl (C=O) groups is 4. The van der Waals surface area contributed by atoms with E-state index in [2.05, 4.69) is 25.3 Å². The minimum atomic E-state index is -3.99. The number of fused-ring (bicyclic) bond motifs is 3. The highest BCUT2D eigenvalue weighted by atomic mass is 32.2. The summed E-state index contributed by atoms with van der Waals surface area (Å²) in [6, 6.07) is 2.86. The first-order valence-electron chi connectivity index (χ1n) is 17.0. The van der Waals surface area contributed by atoms with Gasteiger partial charge in [0, 0.05) is 18.4 Å². The van der Waals surface area contributed by atoms with Gasteiger partial charge in [-0.2, -0.15) is 0 Å². The van der Waals surface area contributed by atoms with Crippen molar-refractivity contribution in [1.29, 1.82) is 0 Å². The minimum absolute atomic E-state index is 0.000940. The van der Waals surface area contributed by atoms with Crippen molar-refractivity contribution >= 4 is 44.9 Å². The molecule has 16 heteroatoms. The van der Waals surface area contributed by atoms with Crippen LogP contribution in [0, 0.1) is 17.8 Å². The van der Waals surface area contributed by atoms with Gasteiger partial charge in [-0.3, -0.25) is 19.1 Å². The zero-order chi connectivity index (χ0) is 36.0. The van der Waals surface area contributed by atoms with Crippen molar-refractivity contribution in [1.82, 2.24) is 30.2 Å². The lowest BCUT2D eigenvalue weighted by molar-refractivity contribution is -0.142. The molecule has 4 aliphatic rings. The molecule has 0 bridgehead atoms. The van der Waals surface area contributed by atoms with Crippen LogP contribution in [-0.4, -0.2) is 94.3 Å². The van der Waals surface area contributed by atoms with Crippen molar-refractivity contribution in [2.45, 2.75) is 94.2 Å². The number of hydrogen-bond acceptors (Lipinski definition) is 10. The highest BCUT2D eigenvalue weighted by Crippen LogP contribution is 2.47. The third kappa shape index (κ3) is 7.07. The molecule has 2 aliphatic carbocycles. The lowest BCUT2D eigenvalue weighted by atomic mass is 9.88. The van der Waals surface area contributed by atoms with E-state index in [1.807, 2.05) is 19.1 Å². The molecule has 0 unspecified atom stereocenters. The maximum atomic E-state index is 14.3. The molecule has 6 rings (SSSR count). The summed E-state index contributed by atoms with van der Waals surface area (Å²) in [4.78, 5) is 64.3. The molecule has 2 saturated carbocycles. The number of methoxy groups -OCH3 is 1. The highest BCUT2D eigenvalue weighted by Gasteiger charge is 2.63. The molecule has 50 heavy (non-hydrogen) atoms. The highest BCUT2D eigenvalue weighted by molar-refractivity contribution is 7.91. The second-order valence-corrected chi connectivity index (χ2v) is 16.6. The Balaban J connectivity index is 1.31. The van der Waals surface area contributed by atoms with Gasteiger partial charge < -0.3 is 30.1 Å². The number of hydrogen-bond donors (Lipinski definition) is 4. The van der Waals surface area contributed by atoms with Crippen LogP contribution in [0.3, 0.4) is 0 Å². The number of ether oxygens (including phenoxy) is 2. The first-order valence-corrected chi connectivity index (χ1v) is 18.5. The standard InChI is InChI=1S/C34H44N6O9S/c1-19-7-5-6-8-21-16-34(21,31(43)39-50(46,47)33(3)11-12-33)38-29(41)26-15-23(18-40(26)30(42)28(20(2)13-19)37-32(44)45)49-27-17-35-25-14-22(48-4)9-10-24(25)36-27/h6,8-10,14,17,19-21,23,26,28,37H,5,7,11-13,15-16,18H2,1-4H3,(H,38,41)(H,39,43)(H,44,45)/t19-,20-,21-,23-,26+,28+,34-/m1/s1. The number of nitrogens with zero attached hydrogens (tertiary/aromatic N) is 3. The summed E-state index contributed by atoms with van der Waals surface area (Å²) >= 11 is 0. The Morgan fingerprint density at radius 3 is 2.60 bits per heavy atom. The number of carbonyl (C=O) groups excluding carboxylic acids is 3. The van der Waals surface area contributed by atoms with Gasteiger partial charge in [0.25, 0.3) is 5.91 Å². The van der Waals surface area contributed by atoms with Gasteiger partial charge in [0.2, 0.25) is 27.7 Å². The molecule has 3 heterocycles. The largest absolute Gasteiger partial charge is 0.497 e. The van der Waals surface area contributed by atoms with Crippen LogP contribution >= 0.6 is 0 Å². The molecule has 1 aromatic heterocycles. The molecule has 15 nitrogen and oxygen atoms in total. The van der Waals surface area contributed by atoms with E-state index in [0.29, 0.717) is 42.5 Å². The minimum Gasteiger partial charge on any atom is -0.497 e. The molecule has 1 aromatic carbocycles. The molecule has 4 amide bonds. The van der Waals surface area contributed by atoms with Crippen LogP contribution in [-0.2, 0) is 24.4 Å². The van der Waals surface area contributed by atoms with Gasteiger partial charge in [-0.15, -0.1) is 0 Å². The number of benzene rings is 1. The van der Waals surface area contributed by atoms with Crippen molar-refractivity contribution in [3.63, 3.8) is 0 Å². The number of allylic oxidation sites excluding steroid dienone is 1. The monoisotopic (exact) mass is 712 g/mol. The Labute approximate surface area is 290 Å². The van der Waals surface area contributed by atoms with E-state index < -0.39 is 74.1 Å². The number of carboxylic acid groups (broad SMARTS) is 1. The third-order valence-corrected chi connectivity index (χ3v) is 12.7. The summed E-state index contributed by atoms with van der Waals surface area (Å²) in [5.41, 5.74) is -0.428. The van der Waals surface area contributed by atoms with Gasteiger partial charge in [-0.25, -0.2) is 23.2 Å². The Morgan fingerprint density at radius 1 is 1.14 bits per heavy atom. The Kier molecular flexibility index (Phi) is 9.43. The van der Waals surface area contributed by atoms with Crippen molar-refractivity contribution in [3.05, 3.63) is 36.5 Å². The van der Waals surface area contributed by atoms with Crippen LogP contribution in [0.2, 0.25) is 0 Å². The van der Waals surface area contributed by atoms with Crippen LogP contribution in [0.15, 0.2) is 36.5 Å². The summed E-state index contributed by atoms with van der Waals surface area (Å²) in [6.45, 7) is 5.32. The quantitative estimate of drug-likeness (QED) is 0.307. The van der Waals surface area contributed by atoms with E-state index in [-0.39, 0.29) is 31.2 Å². The van der Waals surface area contributed by atoms with E-state index in [1.54, 1.807) is 39.2 Å². The topological polar surface area (TPSA) is 206 Å². The number of sulfonamides is 1. The van der Waals surface area contributed by atoms with Crippen molar-refractivity contribution in [2.75, 3.05) is 13.7 Å². The van der Waals surface area contributed by atoms with Crippen LogP contribution in [0.25, 0.3) is 11.0 Å². The van der Waals surface area contributed by atoms with Crippen molar-refractivity contribution in [3.8, 4) is 11.6 Å². The molecule has 0 spiro atoms. The maximum Gasteiger partial charge on any atom is 0.405 e. The third-order valence-electron chi connectivity index (χ3n) is 10.5. The van der Waals surface area contributed by atoms with Crippen LogP contribution < -0.4 is 24.8 Å². The molecule has 270 valence electrons. The summed E-state index contributed by atoms with van der Waals surface area (Å²) in [5, 5.41) is 14.9. The molecule has 2 aromatic rings. The van der Waals surface area contributed by atoms with Gasteiger partial charge in [-0.05, 0) is 69.4 Å². The predicted octanol–water partition coefficient (Wildman–Crippen LogP) is 2.51. The van der Waals surface area contributed by atoms with Gasteiger partial charge in [0.15, 0.2) is 0 Å². The van der Waals surface area contributed by atoms with Crippen LogP contribution in [0.4, 0.5) is 4.79 Å². The molecule has 2 aliphatic heterocycles. The smallest absolute Gasteiger partial charge is 0.405 e. The molecular formula is C34H44N6O9S. The number of rotatable bonds is 7. The second-order valence-electron chi connectivity index (χ2n) is 14.5. The van der Waals surface area contributed by atoms with E-state index in [9.17, 15) is 32.7 Å². The van der Waals surface area contributed by atoms with Gasteiger partial charge in [0.1, 0.15) is 29.5 Å². The Morgan fingerprint density at radius 2 is 1.90 bits per heavy atom. The van der Waals surface area contributed by atoms with Crippen molar-refractivity contribution < 1.29 is 42.2 Å². The molecule has 3 fully saturated rings. The van der Waals surface area contributed by atoms with Gasteiger partial charge in [0.05, 0.1) is 35.6 Å². The normalized spacial score (nSPS) is 30.9. The van der Waals surface area contributed by atoms with Gasteiger partial charge in [-0.1, -0.05) is 26.0 Å². The zero-order valence-corrected chi connectivity index (χ0v) is 29.4. The average Bonchev–Trinajstić information content (AvgIpc) is 3.94. The first kappa shape index (κ1) is 35.4. The van der Waals surface area contributed by atoms with Crippen molar-refractivity contribution in [2.24, 2.45) is 17.8 Å². The van der Waals surface area contributed by atoms with Crippen LogP contribution in [0.1, 0.15) is 65.7 Å². The van der Waals surface area contributed by atoms with E-state index >= 15 is 0 Å². The van der Waals surface area contributed by atoms with E-state index in [4.69, 9.17) is 9.47 Å². The van der Waals surface area contributed by atoms with E-state index in [1.165, 1.54) is 11.1 Å². The fourth-order valence-electron chi connectivity index (χ4n) is 7.06. The summed E-state index contributed by atoms with van der Waals surface area (Å²) in [5.74, 6) is -2.07. The van der Waals surface area contributed by atoms with Crippen LogP contribution in [0.5, 0.6) is 11.6 Å². The summed E-state index contributed by atoms with van der Waals surface area (Å²) < 4.78 is 38.7. The molecule has 7 atom stereocenters. The molecule has 1 saturated heterocycles. The first-order chi connectivity index (χ1) is 23.6. The SMILES string of the molecule is COc1ccc2nc(O[C@@H]3C[C@H]4C(=O)N[C@]5(C(=O)NS(=O)(=O)C6(C)CC6)C[C@H]5C=CCC[C@@H](C)C[C@@H](C)[C@H](NC(=O)O)C(=O)N4C3)cnc2c1. The molecule has 4 N–H and O–H groups in total. The number of aromatic nitrogens is 2. The lowest BCUT2D eigenvalue weighted by Crippen LogP contribution is -2.59. The number of nitrogens with one attached hydrogen (secondary N) is 3. The fourth-order valence-corrected chi connectivity index (χ4v) is 8.37. The van der Waals surface area contributed by atoms with E-state index in [0.717, 1.165) is 6.42 Å². The second kappa shape index (κ2) is 13.3. The summed E-state index contributed by atoms with van der Waals surface area (Å²) in [7, 11) is -2.45. The maximum absolute atomic E-state index is 14.3. The number of amides is 4. The van der Waals surface area contributed by atoms with Gasteiger partial charge >= 0.3 is 6.09 Å². The average molecular weight is 713 g/mol. The molecular weight excluding hydrogens is 668 g/mol.